The lowest BCUT2D eigenvalue weighted by Crippen LogP contribution is -2.51. The van der Waals surface area contributed by atoms with E-state index in [0.717, 1.165) is 11.1 Å². The minimum Gasteiger partial charge on any atom is -0.399 e. The van der Waals surface area contributed by atoms with Crippen molar-refractivity contribution in [2.24, 2.45) is 16.6 Å². The highest BCUT2D eigenvalue weighted by Gasteiger charge is 2.36. The Labute approximate surface area is 245 Å². The van der Waals surface area contributed by atoms with E-state index in [1.54, 1.807) is 36.4 Å². The molecule has 1 saturated heterocycles. The van der Waals surface area contributed by atoms with Gasteiger partial charge < -0.3 is 16.6 Å². The van der Waals surface area contributed by atoms with Gasteiger partial charge in [0.2, 0.25) is 10.0 Å². The lowest BCUT2D eigenvalue weighted by molar-refractivity contribution is -0.187. The van der Waals surface area contributed by atoms with Crippen molar-refractivity contribution in [2.75, 3.05) is 32.0 Å². The Morgan fingerprint density at radius 3 is 2.57 bits per heavy atom. The minimum absolute atomic E-state index is 0.0236. The first-order valence-electron chi connectivity index (χ1n) is 13.9. The Morgan fingerprint density at radius 1 is 1.07 bits per heavy atom. The zero-order valence-electron chi connectivity index (χ0n) is 23.4. The van der Waals surface area contributed by atoms with Gasteiger partial charge in [-0.2, -0.15) is 4.31 Å². The topological polar surface area (TPSA) is 152 Å². The molecule has 0 radical (unpaired) electrons. The monoisotopic (exact) mass is 589 g/mol. The van der Waals surface area contributed by atoms with Crippen LogP contribution in [-0.4, -0.2) is 60.9 Å². The standard InChI is InChI=1S/C31H35N5O5S/c1-2-11-36(41-20-21-5-3-7-27(32)12-21)31(38)26-13-25-10-9-24(15-29(25)34-30(33)16-26)23-6-4-8-28(14-23)42(39,40)35-17-22(18-35)19-37/h3-10,12-15,22,37H,2,11,16-20,32H2,1H3,(H2,33,34). The number of amidine groups is 1. The number of benzene rings is 3. The van der Waals surface area contributed by atoms with Crippen LogP contribution >= 0.6 is 0 Å². The molecule has 2 heterocycles. The molecule has 0 saturated carbocycles. The Bertz CT molecular complexity index is 1650. The number of carbonyl (C=O) groups excluding carboxylic acids is 1. The maximum Gasteiger partial charge on any atom is 0.273 e. The molecule has 42 heavy (non-hydrogen) atoms. The number of nitrogens with zero attached hydrogens (tertiary/aromatic N) is 3. The molecular weight excluding hydrogens is 554 g/mol. The molecule has 1 amide bonds. The summed E-state index contributed by atoms with van der Waals surface area (Å²) in [5.74, 6) is -0.0296. The second kappa shape index (κ2) is 12.5. The summed E-state index contributed by atoms with van der Waals surface area (Å²) in [7, 11) is -3.66. The third-order valence-electron chi connectivity index (χ3n) is 7.25. The quantitative estimate of drug-likeness (QED) is 0.241. The number of rotatable bonds is 10. The minimum atomic E-state index is -3.66. The lowest BCUT2D eigenvalue weighted by atomic mass is 10.0. The maximum atomic E-state index is 13.6. The average Bonchev–Trinajstić information content (AvgIpc) is 3.11. The number of nitrogens with two attached hydrogens (primary N) is 2. The van der Waals surface area contributed by atoms with Crippen LogP contribution in [0, 0.1) is 5.92 Å². The van der Waals surface area contributed by atoms with E-state index in [0.29, 0.717) is 54.1 Å². The molecular formula is C31H35N5O5S. The van der Waals surface area contributed by atoms with Crippen molar-refractivity contribution in [3.8, 4) is 11.1 Å². The number of anilines is 1. The lowest BCUT2D eigenvalue weighted by Gasteiger charge is -2.36. The third-order valence-corrected chi connectivity index (χ3v) is 9.08. The van der Waals surface area contributed by atoms with Crippen LogP contribution in [0.1, 0.15) is 30.9 Å². The summed E-state index contributed by atoms with van der Waals surface area (Å²) in [6, 6.07) is 19.6. The van der Waals surface area contributed by atoms with Crippen molar-refractivity contribution in [3.63, 3.8) is 0 Å². The van der Waals surface area contributed by atoms with E-state index in [9.17, 15) is 18.3 Å². The molecule has 0 atom stereocenters. The number of fused-ring (bicyclic) bond motifs is 1. The SMILES string of the molecule is CCCN(OCc1cccc(N)c1)C(=O)C1=Cc2ccc(-c3cccc(S(=O)(=O)N4CC(CO)C4)c3)cc2N=C(N)C1. The number of hydrogen-bond donors (Lipinski definition) is 3. The van der Waals surface area contributed by atoms with Crippen LogP contribution in [0.4, 0.5) is 11.4 Å². The van der Waals surface area contributed by atoms with Crippen molar-refractivity contribution in [2.45, 2.75) is 31.3 Å². The summed E-state index contributed by atoms with van der Waals surface area (Å²) in [5, 5.41) is 10.6. The summed E-state index contributed by atoms with van der Waals surface area (Å²) in [4.78, 5) is 24.2. The molecule has 2 aliphatic heterocycles. The van der Waals surface area contributed by atoms with Gasteiger partial charge in [-0.25, -0.2) is 18.5 Å². The number of sulfonamides is 1. The Morgan fingerprint density at radius 2 is 1.83 bits per heavy atom. The number of hydroxylamine groups is 2. The first kappa shape index (κ1) is 29.5. The van der Waals surface area contributed by atoms with Gasteiger partial charge in [-0.1, -0.05) is 43.3 Å². The number of aliphatic hydroxyl groups is 1. The van der Waals surface area contributed by atoms with Gasteiger partial charge in [0.1, 0.15) is 12.4 Å². The van der Waals surface area contributed by atoms with Crippen LogP contribution in [0.3, 0.4) is 0 Å². The van der Waals surface area contributed by atoms with Gasteiger partial charge >= 0.3 is 0 Å². The van der Waals surface area contributed by atoms with E-state index in [-0.39, 0.29) is 42.2 Å². The second-order valence-electron chi connectivity index (χ2n) is 10.5. The zero-order valence-corrected chi connectivity index (χ0v) is 24.3. The van der Waals surface area contributed by atoms with Gasteiger partial charge in [0.25, 0.3) is 5.91 Å². The van der Waals surface area contributed by atoms with Crippen molar-refractivity contribution in [3.05, 3.63) is 83.4 Å². The molecule has 0 bridgehead atoms. The van der Waals surface area contributed by atoms with Crippen LogP contribution in [0.2, 0.25) is 0 Å². The van der Waals surface area contributed by atoms with E-state index in [1.807, 2.05) is 43.3 Å². The molecule has 10 nitrogen and oxygen atoms in total. The molecule has 0 aromatic heterocycles. The molecule has 1 fully saturated rings. The fourth-order valence-corrected chi connectivity index (χ4v) is 6.59. The third kappa shape index (κ3) is 6.39. The first-order valence-corrected chi connectivity index (χ1v) is 15.3. The van der Waals surface area contributed by atoms with Crippen LogP contribution in [0.25, 0.3) is 17.2 Å². The molecule has 5 rings (SSSR count). The van der Waals surface area contributed by atoms with Crippen LogP contribution in [0.15, 0.2) is 82.2 Å². The summed E-state index contributed by atoms with van der Waals surface area (Å²) >= 11 is 0. The van der Waals surface area contributed by atoms with Gasteiger partial charge in [-0.15, -0.1) is 0 Å². The summed E-state index contributed by atoms with van der Waals surface area (Å²) in [6.07, 6.45) is 2.64. The Kier molecular flexibility index (Phi) is 8.74. The fraction of sp³-hybridized carbons (Fsp3) is 0.290. The van der Waals surface area contributed by atoms with Gasteiger partial charge in [0.15, 0.2) is 0 Å². The highest BCUT2D eigenvalue weighted by atomic mass is 32.2. The zero-order chi connectivity index (χ0) is 29.9. The first-order chi connectivity index (χ1) is 20.2. The normalized spacial score (nSPS) is 15.7. The van der Waals surface area contributed by atoms with Crippen molar-refractivity contribution in [1.29, 1.82) is 0 Å². The molecule has 3 aromatic carbocycles. The van der Waals surface area contributed by atoms with E-state index >= 15 is 0 Å². The van der Waals surface area contributed by atoms with Crippen LogP contribution in [0.5, 0.6) is 0 Å². The smallest absolute Gasteiger partial charge is 0.273 e. The van der Waals surface area contributed by atoms with Gasteiger partial charge in [0, 0.05) is 55.4 Å². The Hall–Kier alpha value is -4.03. The van der Waals surface area contributed by atoms with Crippen LogP contribution < -0.4 is 11.5 Å². The molecule has 0 unspecified atom stereocenters. The predicted molar refractivity (Wildman–Crippen MR) is 163 cm³/mol. The molecule has 11 heteroatoms. The summed E-state index contributed by atoms with van der Waals surface area (Å²) < 4.78 is 27.5. The number of carbonyl (C=O) groups is 1. The molecule has 0 spiro atoms. The predicted octanol–water partition coefficient (Wildman–Crippen LogP) is 3.69. The molecule has 0 aliphatic carbocycles. The highest BCUT2D eigenvalue weighted by molar-refractivity contribution is 7.89. The molecule has 3 aromatic rings. The fourth-order valence-electron chi connectivity index (χ4n) is 4.95. The number of aliphatic imine (C=N–C) groups is 1. The molecule has 5 N–H and O–H groups in total. The van der Waals surface area contributed by atoms with Crippen molar-refractivity contribution in [1.82, 2.24) is 9.37 Å². The molecule has 220 valence electrons. The van der Waals surface area contributed by atoms with E-state index < -0.39 is 10.0 Å². The van der Waals surface area contributed by atoms with E-state index in [1.165, 1.54) is 9.37 Å². The van der Waals surface area contributed by atoms with E-state index in [4.69, 9.17) is 16.3 Å². The molecule has 2 aliphatic rings. The van der Waals surface area contributed by atoms with Crippen molar-refractivity contribution < 1.29 is 23.2 Å². The second-order valence-corrected chi connectivity index (χ2v) is 12.5. The largest absolute Gasteiger partial charge is 0.399 e. The van der Waals surface area contributed by atoms with E-state index in [2.05, 4.69) is 4.99 Å². The average molecular weight is 590 g/mol. The summed E-state index contributed by atoms with van der Waals surface area (Å²) in [6.45, 7) is 3.16. The van der Waals surface area contributed by atoms with Gasteiger partial charge in [0.05, 0.1) is 10.6 Å². The highest BCUT2D eigenvalue weighted by Crippen LogP contribution is 2.34. The Balaban J connectivity index is 1.38. The van der Waals surface area contributed by atoms with Gasteiger partial charge in [-0.3, -0.25) is 9.63 Å². The number of hydrogen-bond acceptors (Lipinski definition) is 8. The van der Waals surface area contributed by atoms with Crippen molar-refractivity contribution >= 4 is 39.2 Å². The number of nitrogen functional groups attached to an aromatic ring is 1. The summed E-state index contributed by atoms with van der Waals surface area (Å²) in [5.41, 5.74) is 16.8. The van der Waals surface area contributed by atoms with Crippen LogP contribution in [-0.2, 0) is 26.3 Å². The number of aliphatic hydroxyl groups excluding tert-OH is 1. The van der Waals surface area contributed by atoms with Gasteiger partial charge in [-0.05, 0) is 59.5 Å². The maximum absolute atomic E-state index is 13.6. The number of amides is 1.